The van der Waals surface area contributed by atoms with Crippen molar-refractivity contribution in [2.24, 2.45) is 0 Å². The van der Waals surface area contributed by atoms with Crippen LogP contribution in [0.1, 0.15) is 19.8 Å². The van der Waals surface area contributed by atoms with Gasteiger partial charge in [0.25, 0.3) is 0 Å². The molecule has 0 bridgehead atoms. The van der Waals surface area contributed by atoms with Crippen molar-refractivity contribution in [1.29, 1.82) is 0 Å². The van der Waals surface area contributed by atoms with Gasteiger partial charge in [0.15, 0.2) is 0 Å². The number of aromatic nitrogens is 2. The van der Waals surface area contributed by atoms with E-state index in [0.29, 0.717) is 0 Å². The van der Waals surface area contributed by atoms with E-state index in [4.69, 9.17) is 0 Å². The molecule has 0 unspecified atom stereocenters. The number of hydrogen-bond donors (Lipinski definition) is 1. The van der Waals surface area contributed by atoms with E-state index in [1.807, 2.05) is 29.1 Å². The lowest BCUT2D eigenvalue weighted by molar-refractivity contribution is -0.120. The number of benzene rings is 1. The van der Waals surface area contributed by atoms with Crippen molar-refractivity contribution in [3.05, 3.63) is 42.7 Å². The molecule has 0 spiro atoms. The second kappa shape index (κ2) is 6.75. The molecular formula is C17H22N4O. The van der Waals surface area contributed by atoms with Crippen LogP contribution in [0, 0.1) is 0 Å². The number of amides is 1. The number of rotatable bonds is 4. The van der Waals surface area contributed by atoms with Gasteiger partial charge in [0.1, 0.15) is 0 Å². The average Bonchev–Trinajstić information content (AvgIpc) is 2.96. The van der Waals surface area contributed by atoms with E-state index in [0.717, 1.165) is 38.2 Å². The molecular weight excluding hydrogens is 276 g/mol. The molecule has 1 aromatic heterocycles. The maximum atomic E-state index is 11.2. The van der Waals surface area contributed by atoms with Gasteiger partial charge in [0, 0.05) is 37.8 Å². The van der Waals surface area contributed by atoms with Crippen LogP contribution in [0.2, 0.25) is 0 Å². The summed E-state index contributed by atoms with van der Waals surface area (Å²) in [7, 11) is 0. The highest BCUT2D eigenvalue weighted by atomic mass is 16.1. The van der Waals surface area contributed by atoms with Crippen LogP contribution in [0.5, 0.6) is 0 Å². The van der Waals surface area contributed by atoms with Crippen LogP contribution < -0.4 is 5.32 Å². The summed E-state index contributed by atoms with van der Waals surface area (Å²) in [6, 6.07) is 10.5. The van der Waals surface area contributed by atoms with Gasteiger partial charge >= 0.3 is 0 Å². The Hall–Kier alpha value is -2.14. The Morgan fingerprint density at radius 3 is 2.91 bits per heavy atom. The number of nitrogens with zero attached hydrogens (tertiary/aromatic N) is 3. The SMILES string of the molecule is CC(=O)N[C@H]1CCCN(Cn2cc(-c3ccccc3)cn2)C1. The normalized spacial score (nSPS) is 19.0. The number of piperidine rings is 1. The molecule has 116 valence electrons. The fraction of sp³-hybridized carbons (Fsp3) is 0.412. The van der Waals surface area contributed by atoms with Gasteiger partial charge in [0.2, 0.25) is 5.91 Å². The first kappa shape index (κ1) is 14.8. The second-order valence-corrected chi connectivity index (χ2v) is 5.89. The predicted octanol–water partition coefficient (Wildman–Crippen LogP) is 2.11. The van der Waals surface area contributed by atoms with Gasteiger partial charge in [-0.3, -0.25) is 14.4 Å². The molecule has 1 N–H and O–H groups in total. The zero-order valence-corrected chi connectivity index (χ0v) is 12.9. The van der Waals surface area contributed by atoms with E-state index in [2.05, 4.69) is 33.6 Å². The third kappa shape index (κ3) is 3.74. The van der Waals surface area contributed by atoms with Gasteiger partial charge in [-0.1, -0.05) is 30.3 Å². The lowest BCUT2D eigenvalue weighted by Gasteiger charge is -2.32. The van der Waals surface area contributed by atoms with Crippen LogP contribution in [0.25, 0.3) is 11.1 Å². The van der Waals surface area contributed by atoms with Gasteiger partial charge in [-0.05, 0) is 18.4 Å². The van der Waals surface area contributed by atoms with Crippen LogP contribution in [-0.2, 0) is 11.5 Å². The van der Waals surface area contributed by atoms with Crippen LogP contribution >= 0.6 is 0 Å². The molecule has 1 fully saturated rings. The summed E-state index contributed by atoms with van der Waals surface area (Å²) < 4.78 is 1.97. The maximum Gasteiger partial charge on any atom is 0.217 e. The monoisotopic (exact) mass is 298 g/mol. The Morgan fingerprint density at radius 1 is 1.32 bits per heavy atom. The van der Waals surface area contributed by atoms with Crippen molar-refractivity contribution < 1.29 is 4.79 Å². The number of hydrogen-bond acceptors (Lipinski definition) is 3. The Kier molecular flexibility index (Phi) is 4.53. The summed E-state index contributed by atoms with van der Waals surface area (Å²) in [4.78, 5) is 13.5. The minimum atomic E-state index is 0.0531. The summed E-state index contributed by atoms with van der Waals surface area (Å²) in [6.45, 7) is 4.29. The number of nitrogens with one attached hydrogen (secondary N) is 1. The van der Waals surface area contributed by atoms with Gasteiger partial charge < -0.3 is 5.32 Å². The molecule has 0 aliphatic carbocycles. The fourth-order valence-corrected chi connectivity index (χ4v) is 3.01. The maximum absolute atomic E-state index is 11.2. The van der Waals surface area contributed by atoms with Crippen molar-refractivity contribution >= 4 is 5.91 Å². The van der Waals surface area contributed by atoms with E-state index in [1.165, 1.54) is 5.56 Å². The lowest BCUT2D eigenvalue weighted by atomic mass is 10.1. The minimum Gasteiger partial charge on any atom is -0.352 e. The topological polar surface area (TPSA) is 50.2 Å². The summed E-state index contributed by atoms with van der Waals surface area (Å²) in [5.41, 5.74) is 2.32. The van der Waals surface area contributed by atoms with Crippen molar-refractivity contribution in [2.75, 3.05) is 13.1 Å². The molecule has 5 heteroatoms. The standard InChI is InChI=1S/C17H22N4O/c1-14(22)19-17-8-5-9-20(12-17)13-21-11-16(10-18-21)15-6-3-2-4-7-15/h2-4,6-7,10-11,17H,5,8-9,12-13H2,1H3,(H,19,22)/t17-/m0/s1. The summed E-state index contributed by atoms with van der Waals surface area (Å²) in [5, 5.41) is 7.48. The van der Waals surface area contributed by atoms with E-state index in [-0.39, 0.29) is 11.9 Å². The molecule has 5 nitrogen and oxygen atoms in total. The average molecular weight is 298 g/mol. The van der Waals surface area contributed by atoms with Gasteiger partial charge in [-0.25, -0.2) is 0 Å². The minimum absolute atomic E-state index is 0.0531. The highest BCUT2D eigenvalue weighted by Crippen LogP contribution is 2.18. The molecule has 1 aliphatic heterocycles. The van der Waals surface area contributed by atoms with E-state index < -0.39 is 0 Å². The molecule has 1 amide bonds. The van der Waals surface area contributed by atoms with Gasteiger partial charge in [0.05, 0.1) is 12.9 Å². The molecule has 0 saturated carbocycles. The largest absolute Gasteiger partial charge is 0.352 e. The molecule has 1 saturated heterocycles. The number of carbonyl (C=O) groups excluding carboxylic acids is 1. The summed E-state index contributed by atoms with van der Waals surface area (Å²) in [6.07, 6.45) is 6.16. The third-order valence-corrected chi connectivity index (χ3v) is 4.00. The summed E-state index contributed by atoms with van der Waals surface area (Å²) in [5.74, 6) is 0.0531. The molecule has 3 rings (SSSR count). The zero-order valence-electron chi connectivity index (χ0n) is 12.9. The number of likely N-dealkylation sites (tertiary alicyclic amines) is 1. The van der Waals surface area contributed by atoms with Crippen molar-refractivity contribution in [1.82, 2.24) is 20.0 Å². The first-order chi connectivity index (χ1) is 10.7. The Morgan fingerprint density at radius 2 is 2.14 bits per heavy atom. The van der Waals surface area contributed by atoms with Crippen LogP contribution in [-0.4, -0.2) is 39.7 Å². The van der Waals surface area contributed by atoms with E-state index >= 15 is 0 Å². The quantitative estimate of drug-likeness (QED) is 0.940. The first-order valence-corrected chi connectivity index (χ1v) is 7.78. The smallest absolute Gasteiger partial charge is 0.217 e. The molecule has 2 aromatic rings. The Bertz CT molecular complexity index is 623. The lowest BCUT2D eigenvalue weighted by Crippen LogP contribution is -2.47. The highest BCUT2D eigenvalue weighted by Gasteiger charge is 2.20. The Labute approximate surface area is 130 Å². The summed E-state index contributed by atoms with van der Waals surface area (Å²) >= 11 is 0. The van der Waals surface area contributed by atoms with Crippen LogP contribution in [0.4, 0.5) is 0 Å². The fourth-order valence-electron chi connectivity index (χ4n) is 3.01. The van der Waals surface area contributed by atoms with Crippen molar-refractivity contribution in [2.45, 2.75) is 32.5 Å². The zero-order chi connectivity index (χ0) is 15.4. The molecule has 2 heterocycles. The third-order valence-electron chi connectivity index (χ3n) is 4.00. The molecule has 1 atom stereocenters. The second-order valence-electron chi connectivity index (χ2n) is 5.89. The van der Waals surface area contributed by atoms with Crippen LogP contribution in [0.15, 0.2) is 42.7 Å². The molecule has 1 aliphatic rings. The molecule has 0 radical (unpaired) electrons. The van der Waals surface area contributed by atoms with Gasteiger partial charge in [-0.15, -0.1) is 0 Å². The van der Waals surface area contributed by atoms with Crippen molar-refractivity contribution in [3.8, 4) is 11.1 Å². The van der Waals surface area contributed by atoms with E-state index in [1.54, 1.807) is 6.92 Å². The highest BCUT2D eigenvalue weighted by molar-refractivity contribution is 5.73. The molecule has 22 heavy (non-hydrogen) atoms. The van der Waals surface area contributed by atoms with Gasteiger partial charge in [-0.2, -0.15) is 5.10 Å². The predicted molar refractivity (Wildman–Crippen MR) is 86.1 cm³/mol. The van der Waals surface area contributed by atoms with Crippen molar-refractivity contribution in [3.63, 3.8) is 0 Å². The first-order valence-electron chi connectivity index (χ1n) is 7.78. The Balaban J connectivity index is 1.61. The number of carbonyl (C=O) groups is 1. The van der Waals surface area contributed by atoms with E-state index in [9.17, 15) is 4.79 Å². The van der Waals surface area contributed by atoms with Crippen LogP contribution in [0.3, 0.4) is 0 Å². The molecule has 1 aromatic carbocycles.